The fourth-order valence-electron chi connectivity index (χ4n) is 2.02. The Hall–Kier alpha value is -2.37. The van der Waals surface area contributed by atoms with Gasteiger partial charge in [-0.15, -0.1) is 24.0 Å². The van der Waals surface area contributed by atoms with Gasteiger partial charge in [0.2, 0.25) is 5.91 Å². The molecule has 1 aromatic heterocycles. The van der Waals surface area contributed by atoms with Crippen LogP contribution in [0.4, 0.5) is 18.9 Å². The van der Waals surface area contributed by atoms with E-state index in [2.05, 4.69) is 25.9 Å². The summed E-state index contributed by atoms with van der Waals surface area (Å²) in [4.78, 5) is 19.7. The normalized spacial score (nSPS) is 11.3. The number of aromatic nitrogens is 1. The van der Waals surface area contributed by atoms with Gasteiger partial charge in [-0.3, -0.25) is 14.8 Å². The summed E-state index contributed by atoms with van der Waals surface area (Å²) in [6.07, 6.45) is -1.23. The van der Waals surface area contributed by atoms with Crippen LogP contribution < -0.4 is 16.0 Å². The molecule has 2 aromatic rings. The van der Waals surface area contributed by atoms with Crippen molar-refractivity contribution in [1.82, 2.24) is 15.6 Å². The zero-order valence-electron chi connectivity index (χ0n) is 14.4. The Bertz CT molecular complexity index is 751. The van der Waals surface area contributed by atoms with Crippen molar-refractivity contribution >= 4 is 41.5 Å². The minimum atomic E-state index is -4.36. The van der Waals surface area contributed by atoms with Crippen LogP contribution in [0, 0.1) is 0 Å². The summed E-state index contributed by atoms with van der Waals surface area (Å²) >= 11 is 0. The molecule has 0 bridgehead atoms. The van der Waals surface area contributed by atoms with Gasteiger partial charge in [0.1, 0.15) is 0 Å². The highest BCUT2D eigenvalue weighted by Gasteiger charge is 2.29. The molecule has 0 atom stereocenters. The first kappa shape index (κ1) is 22.7. The van der Waals surface area contributed by atoms with E-state index in [9.17, 15) is 18.0 Å². The molecule has 0 fully saturated rings. The third kappa shape index (κ3) is 7.81. The molecule has 3 N–H and O–H groups in total. The predicted octanol–water partition coefficient (Wildman–Crippen LogP) is 3.02. The quantitative estimate of drug-likeness (QED) is 0.340. The number of benzene rings is 1. The van der Waals surface area contributed by atoms with Gasteiger partial charge in [0.05, 0.1) is 24.0 Å². The van der Waals surface area contributed by atoms with Crippen molar-refractivity contribution in [2.75, 3.05) is 18.9 Å². The number of anilines is 1. The fourth-order valence-corrected chi connectivity index (χ4v) is 2.02. The number of aliphatic imine (C=N–C) groups is 1. The van der Waals surface area contributed by atoms with Gasteiger partial charge in [0.25, 0.3) is 0 Å². The molecule has 0 unspecified atom stereocenters. The largest absolute Gasteiger partial charge is 0.416 e. The van der Waals surface area contributed by atoms with Crippen LogP contribution in [-0.4, -0.2) is 30.4 Å². The van der Waals surface area contributed by atoms with E-state index in [1.54, 1.807) is 18.3 Å². The maximum Gasteiger partial charge on any atom is 0.416 e. The molecule has 6 nitrogen and oxygen atoms in total. The molecule has 0 saturated carbocycles. The average Bonchev–Trinajstić information content (AvgIpc) is 2.62. The fraction of sp³-hybridized carbons (Fsp3) is 0.235. The molecule has 0 aliphatic carbocycles. The number of amides is 1. The second kappa shape index (κ2) is 10.7. The number of carbonyl (C=O) groups excluding carboxylic acids is 1. The number of hydrogen-bond acceptors (Lipinski definition) is 3. The summed E-state index contributed by atoms with van der Waals surface area (Å²) in [6.45, 7) is 0.240. The molecule has 0 saturated heterocycles. The molecular weight excluding hydrogens is 474 g/mol. The first-order chi connectivity index (χ1) is 12.4. The Kier molecular flexibility index (Phi) is 8.98. The zero-order chi connectivity index (χ0) is 19.0. The second-order valence-electron chi connectivity index (χ2n) is 5.26. The number of carbonyl (C=O) groups is 1. The lowest BCUT2D eigenvalue weighted by Gasteiger charge is -2.12. The van der Waals surface area contributed by atoms with Gasteiger partial charge in [-0.05, 0) is 29.8 Å². The first-order valence-electron chi connectivity index (χ1n) is 7.69. The molecule has 0 aliphatic heterocycles. The minimum Gasteiger partial charge on any atom is -0.352 e. The van der Waals surface area contributed by atoms with E-state index in [4.69, 9.17) is 0 Å². The number of hydrogen-bond donors (Lipinski definition) is 3. The van der Waals surface area contributed by atoms with Crippen LogP contribution in [-0.2, 0) is 17.5 Å². The van der Waals surface area contributed by atoms with Crippen molar-refractivity contribution in [1.29, 1.82) is 0 Å². The number of guanidine groups is 1. The summed E-state index contributed by atoms with van der Waals surface area (Å²) < 4.78 is 37.6. The number of halogens is 4. The third-order valence-electron chi connectivity index (χ3n) is 3.33. The maximum absolute atomic E-state index is 12.5. The van der Waals surface area contributed by atoms with E-state index in [-0.39, 0.29) is 43.0 Å². The standard InChI is InChI=1S/C17H18F3N5O.HI/c1-21-16(24-11-15(26)25-14-3-2-8-22-10-14)23-9-12-4-6-13(7-5-12)17(18,19)20;/h2-8,10H,9,11H2,1H3,(H,25,26)(H2,21,23,24);1H. The number of pyridine rings is 1. The number of rotatable bonds is 5. The molecule has 146 valence electrons. The first-order valence-corrected chi connectivity index (χ1v) is 7.69. The predicted molar refractivity (Wildman–Crippen MR) is 108 cm³/mol. The van der Waals surface area contributed by atoms with Gasteiger partial charge in [-0.1, -0.05) is 12.1 Å². The highest BCUT2D eigenvalue weighted by molar-refractivity contribution is 14.0. The topological polar surface area (TPSA) is 78.4 Å². The van der Waals surface area contributed by atoms with Gasteiger partial charge in [0.15, 0.2) is 5.96 Å². The number of nitrogens with one attached hydrogen (secondary N) is 3. The Morgan fingerprint density at radius 2 is 1.85 bits per heavy atom. The third-order valence-corrected chi connectivity index (χ3v) is 3.33. The Labute approximate surface area is 171 Å². The molecule has 2 rings (SSSR count). The van der Waals surface area contributed by atoms with Crippen LogP contribution in [0.1, 0.15) is 11.1 Å². The molecule has 0 spiro atoms. The van der Waals surface area contributed by atoms with Crippen LogP contribution >= 0.6 is 24.0 Å². The monoisotopic (exact) mass is 493 g/mol. The van der Waals surface area contributed by atoms with Gasteiger partial charge in [-0.2, -0.15) is 13.2 Å². The van der Waals surface area contributed by atoms with E-state index in [1.165, 1.54) is 25.4 Å². The minimum absolute atomic E-state index is 0. The number of nitrogens with zero attached hydrogens (tertiary/aromatic N) is 2. The lowest BCUT2D eigenvalue weighted by atomic mass is 10.1. The molecule has 27 heavy (non-hydrogen) atoms. The van der Waals surface area contributed by atoms with Gasteiger partial charge >= 0.3 is 6.18 Å². The molecule has 10 heteroatoms. The van der Waals surface area contributed by atoms with Crippen molar-refractivity contribution in [3.63, 3.8) is 0 Å². The van der Waals surface area contributed by atoms with E-state index >= 15 is 0 Å². The Balaban J connectivity index is 0.00000364. The SMILES string of the molecule is CN=C(NCC(=O)Nc1cccnc1)NCc1ccc(C(F)(F)F)cc1.I. The molecule has 0 aliphatic rings. The second-order valence-corrected chi connectivity index (χ2v) is 5.26. The van der Waals surface area contributed by atoms with Crippen molar-refractivity contribution in [2.24, 2.45) is 4.99 Å². The van der Waals surface area contributed by atoms with Crippen LogP contribution in [0.3, 0.4) is 0 Å². The van der Waals surface area contributed by atoms with Crippen molar-refractivity contribution in [3.8, 4) is 0 Å². The van der Waals surface area contributed by atoms with E-state index < -0.39 is 11.7 Å². The molecule has 1 amide bonds. The number of alkyl halides is 3. The molecular formula is C17H19F3IN5O. The Morgan fingerprint density at radius 1 is 1.15 bits per heavy atom. The van der Waals surface area contributed by atoms with Crippen molar-refractivity contribution in [3.05, 3.63) is 59.9 Å². The van der Waals surface area contributed by atoms with Crippen LogP contribution in [0.5, 0.6) is 0 Å². The van der Waals surface area contributed by atoms with Crippen LogP contribution in [0.15, 0.2) is 53.8 Å². The summed E-state index contributed by atoms with van der Waals surface area (Å²) in [5.74, 6) is 0.0710. The lowest BCUT2D eigenvalue weighted by Crippen LogP contribution is -2.41. The van der Waals surface area contributed by atoms with Gasteiger partial charge < -0.3 is 16.0 Å². The molecule has 1 heterocycles. The van der Waals surface area contributed by atoms with Crippen LogP contribution in [0.2, 0.25) is 0 Å². The van der Waals surface area contributed by atoms with Crippen molar-refractivity contribution in [2.45, 2.75) is 12.7 Å². The van der Waals surface area contributed by atoms with Gasteiger partial charge in [0, 0.05) is 19.8 Å². The van der Waals surface area contributed by atoms with Crippen molar-refractivity contribution < 1.29 is 18.0 Å². The average molecular weight is 493 g/mol. The van der Waals surface area contributed by atoms with Crippen LogP contribution in [0.25, 0.3) is 0 Å². The zero-order valence-corrected chi connectivity index (χ0v) is 16.7. The van der Waals surface area contributed by atoms with E-state index in [1.807, 2.05) is 0 Å². The summed E-state index contributed by atoms with van der Waals surface area (Å²) in [6, 6.07) is 8.23. The maximum atomic E-state index is 12.5. The summed E-state index contributed by atoms with van der Waals surface area (Å²) in [5, 5.41) is 8.41. The Morgan fingerprint density at radius 3 is 2.41 bits per heavy atom. The smallest absolute Gasteiger partial charge is 0.352 e. The van der Waals surface area contributed by atoms with E-state index in [0.717, 1.165) is 12.1 Å². The molecule has 1 aromatic carbocycles. The highest BCUT2D eigenvalue weighted by atomic mass is 127. The van der Waals surface area contributed by atoms with E-state index in [0.29, 0.717) is 17.2 Å². The highest BCUT2D eigenvalue weighted by Crippen LogP contribution is 2.28. The summed E-state index contributed by atoms with van der Waals surface area (Å²) in [7, 11) is 1.53. The summed E-state index contributed by atoms with van der Waals surface area (Å²) in [5.41, 5.74) is 0.531. The molecule has 0 radical (unpaired) electrons. The van der Waals surface area contributed by atoms with Gasteiger partial charge in [-0.25, -0.2) is 0 Å². The lowest BCUT2D eigenvalue weighted by molar-refractivity contribution is -0.137.